The van der Waals surface area contributed by atoms with E-state index in [1.54, 1.807) is 17.3 Å². The quantitative estimate of drug-likeness (QED) is 0.725. The van der Waals surface area contributed by atoms with Crippen molar-refractivity contribution in [2.45, 2.75) is 39.2 Å². The van der Waals surface area contributed by atoms with Crippen molar-refractivity contribution in [1.29, 1.82) is 0 Å². The minimum Gasteiger partial charge on any atom is -0.490 e. The number of pyridine rings is 1. The van der Waals surface area contributed by atoms with Gasteiger partial charge >= 0.3 is 6.09 Å². The van der Waals surface area contributed by atoms with Crippen LogP contribution in [-0.2, 0) is 0 Å². The third-order valence-electron chi connectivity index (χ3n) is 4.64. The molecule has 5 nitrogen and oxygen atoms in total. The van der Waals surface area contributed by atoms with Crippen LogP contribution in [0.25, 0.3) is 11.1 Å². The molecule has 6 heteroatoms. The standard InChI is InChI=1S/C21H25ClN2O3/c1-20(2,3)13-24(19(25)26)21(7-8-21)14-27-18-10-16(11-23-12-18)15-5-4-6-17(22)9-15/h4-6,9-12H,7-8,13-14H2,1-3H3,(H,25,26). The average molecular weight is 389 g/mol. The highest BCUT2D eigenvalue weighted by Crippen LogP contribution is 2.43. The average Bonchev–Trinajstić information content (AvgIpc) is 3.38. The number of carbonyl (C=O) groups is 1. The lowest BCUT2D eigenvalue weighted by Crippen LogP contribution is -2.48. The SMILES string of the molecule is CC(C)(C)CN(C(=O)O)C1(COc2cncc(-c3cccc(Cl)c3)c2)CC1. The fourth-order valence-corrected chi connectivity index (χ4v) is 3.28. The van der Waals surface area contributed by atoms with E-state index in [4.69, 9.17) is 16.3 Å². The lowest BCUT2D eigenvalue weighted by atomic mass is 9.95. The molecule has 0 spiro atoms. The third-order valence-corrected chi connectivity index (χ3v) is 4.88. The molecule has 1 fully saturated rings. The zero-order valence-electron chi connectivity index (χ0n) is 15.9. The van der Waals surface area contributed by atoms with Crippen LogP contribution in [-0.4, -0.2) is 39.8 Å². The summed E-state index contributed by atoms with van der Waals surface area (Å²) in [6, 6.07) is 9.46. The fraction of sp³-hybridized carbons (Fsp3) is 0.429. The largest absolute Gasteiger partial charge is 0.490 e. The Bertz CT molecular complexity index is 828. The number of rotatable bonds is 6. The molecule has 0 unspecified atom stereocenters. The fourth-order valence-electron chi connectivity index (χ4n) is 3.09. The minimum atomic E-state index is -0.892. The van der Waals surface area contributed by atoms with Gasteiger partial charge in [0, 0.05) is 23.3 Å². The number of halogens is 1. The highest BCUT2D eigenvalue weighted by atomic mass is 35.5. The summed E-state index contributed by atoms with van der Waals surface area (Å²) in [5, 5.41) is 10.3. The maximum absolute atomic E-state index is 11.8. The molecule has 1 saturated carbocycles. The van der Waals surface area contributed by atoms with Crippen LogP contribution in [0.2, 0.25) is 5.02 Å². The first-order valence-electron chi connectivity index (χ1n) is 9.03. The number of nitrogens with zero attached hydrogens (tertiary/aromatic N) is 2. The van der Waals surface area contributed by atoms with Gasteiger partial charge in [-0.05, 0) is 42.0 Å². The van der Waals surface area contributed by atoms with Gasteiger partial charge in [0.1, 0.15) is 12.4 Å². The number of hydrogen-bond acceptors (Lipinski definition) is 3. The lowest BCUT2D eigenvalue weighted by Gasteiger charge is -2.34. The summed E-state index contributed by atoms with van der Waals surface area (Å²) >= 11 is 6.07. The normalized spacial score (nSPS) is 15.3. The summed E-state index contributed by atoms with van der Waals surface area (Å²) < 4.78 is 5.97. The second-order valence-electron chi connectivity index (χ2n) is 8.36. The minimum absolute atomic E-state index is 0.109. The molecule has 1 aliphatic carbocycles. The van der Waals surface area contributed by atoms with Crippen LogP contribution in [0.1, 0.15) is 33.6 Å². The van der Waals surface area contributed by atoms with E-state index in [1.165, 1.54) is 0 Å². The van der Waals surface area contributed by atoms with Gasteiger partial charge in [0.25, 0.3) is 0 Å². The number of carboxylic acid groups (broad SMARTS) is 1. The van der Waals surface area contributed by atoms with Gasteiger partial charge in [0.2, 0.25) is 0 Å². The van der Waals surface area contributed by atoms with Gasteiger partial charge in [-0.1, -0.05) is 44.5 Å². The summed E-state index contributed by atoms with van der Waals surface area (Å²) in [6.07, 6.45) is 4.15. The number of amides is 1. The van der Waals surface area contributed by atoms with Crippen molar-refractivity contribution in [1.82, 2.24) is 9.88 Å². The molecule has 2 aromatic rings. The van der Waals surface area contributed by atoms with E-state index >= 15 is 0 Å². The van der Waals surface area contributed by atoms with Gasteiger partial charge < -0.3 is 9.84 Å². The van der Waals surface area contributed by atoms with E-state index in [0.717, 1.165) is 24.0 Å². The van der Waals surface area contributed by atoms with E-state index < -0.39 is 11.6 Å². The monoisotopic (exact) mass is 388 g/mol. The molecule has 0 atom stereocenters. The number of benzene rings is 1. The van der Waals surface area contributed by atoms with Gasteiger partial charge in [-0.3, -0.25) is 9.88 Å². The van der Waals surface area contributed by atoms with Crippen molar-refractivity contribution < 1.29 is 14.6 Å². The Labute approximate surface area is 164 Å². The summed E-state index contributed by atoms with van der Waals surface area (Å²) in [7, 11) is 0. The predicted octanol–water partition coefficient (Wildman–Crippen LogP) is 5.34. The first-order chi connectivity index (χ1) is 12.7. The molecule has 27 heavy (non-hydrogen) atoms. The topological polar surface area (TPSA) is 62.7 Å². The molecule has 1 amide bonds. The van der Waals surface area contributed by atoms with Crippen molar-refractivity contribution in [2.75, 3.05) is 13.2 Å². The van der Waals surface area contributed by atoms with Crippen LogP contribution in [0.5, 0.6) is 5.75 Å². The Morgan fingerprint density at radius 3 is 2.59 bits per heavy atom. The van der Waals surface area contributed by atoms with Crippen LogP contribution in [0.15, 0.2) is 42.7 Å². The first-order valence-corrected chi connectivity index (χ1v) is 9.41. The Hall–Kier alpha value is -2.27. The smallest absolute Gasteiger partial charge is 0.407 e. The van der Waals surface area contributed by atoms with Crippen molar-refractivity contribution in [3.63, 3.8) is 0 Å². The zero-order chi connectivity index (χ0) is 19.7. The molecular weight excluding hydrogens is 364 g/mol. The number of ether oxygens (including phenoxy) is 1. The molecule has 3 rings (SSSR count). The van der Waals surface area contributed by atoms with Crippen LogP contribution in [0, 0.1) is 5.41 Å². The number of hydrogen-bond donors (Lipinski definition) is 1. The third kappa shape index (κ3) is 4.92. The van der Waals surface area contributed by atoms with Crippen LogP contribution < -0.4 is 4.74 Å². The van der Waals surface area contributed by atoms with Gasteiger partial charge in [-0.25, -0.2) is 4.79 Å². The van der Waals surface area contributed by atoms with E-state index in [0.29, 0.717) is 23.9 Å². The van der Waals surface area contributed by atoms with E-state index in [9.17, 15) is 9.90 Å². The Balaban J connectivity index is 1.73. The molecule has 144 valence electrons. The molecule has 0 saturated heterocycles. The molecule has 1 aliphatic rings. The van der Waals surface area contributed by atoms with Crippen molar-refractivity contribution >= 4 is 17.7 Å². The van der Waals surface area contributed by atoms with Crippen molar-refractivity contribution in [3.8, 4) is 16.9 Å². The Kier molecular flexibility index (Phi) is 5.33. The summed E-state index contributed by atoms with van der Waals surface area (Å²) in [5.41, 5.74) is 1.32. The summed E-state index contributed by atoms with van der Waals surface area (Å²) in [6.45, 7) is 6.93. The molecule has 1 aromatic carbocycles. The van der Waals surface area contributed by atoms with Gasteiger partial charge in [0.15, 0.2) is 0 Å². The van der Waals surface area contributed by atoms with E-state index in [-0.39, 0.29) is 5.41 Å². The lowest BCUT2D eigenvalue weighted by molar-refractivity contribution is 0.0719. The molecular formula is C21H25ClN2O3. The van der Waals surface area contributed by atoms with E-state index in [1.807, 2.05) is 51.1 Å². The molecule has 1 N–H and O–H groups in total. The van der Waals surface area contributed by atoms with Crippen molar-refractivity contribution in [2.24, 2.45) is 5.41 Å². The second-order valence-corrected chi connectivity index (χ2v) is 8.80. The summed E-state index contributed by atoms with van der Waals surface area (Å²) in [4.78, 5) is 17.6. The van der Waals surface area contributed by atoms with Gasteiger partial charge in [0.05, 0.1) is 11.7 Å². The Morgan fingerprint density at radius 2 is 2.00 bits per heavy atom. The maximum atomic E-state index is 11.8. The molecule has 0 bridgehead atoms. The molecule has 0 aliphatic heterocycles. The summed E-state index contributed by atoms with van der Waals surface area (Å²) in [5.74, 6) is 0.625. The molecule has 1 aromatic heterocycles. The van der Waals surface area contributed by atoms with Crippen molar-refractivity contribution in [3.05, 3.63) is 47.7 Å². The van der Waals surface area contributed by atoms with Crippen LogP contribution in [0.3, 0.4) is 0 Å². The maximum Gasteiger partial charge on any atom is 0.407 e. The first kappa shape index (κ1) is 19.5. The highest BCUT2D eigenvalue weighted by molar-refractivity contribution is 6.30. The molecule has 1 heterocycles. The Morgan fingerprint density at radius 1 is 1.26 bits per heavy atom. The van der Waals surface area contributed by atoms with E-state index in [2.05, 4.69) is 4.98 Å². The van der Waals surface area contributed by atoms with Crippen LogP contribution >= 0.6 is 11.6 Å². The van der Waals surface area contributed by atoms with Gasteiger partial charge in [-0.15, -0.1) is 0 Å². The van der Waals surface area contributed by atoms with Crippen LogP contribution in [0.4, 0.5) is 4.79 Å². The second kappa shape index (κ2) is 7.39. The predicted molar refractivity (Wildman–Crippen MR) is 106 cm³/mol. The zero-order valence-corrected chi connectivity index (χ0v) is 16.7. The number of aromatic nitrogens is 1. The molecule has 0 radical (unpaired) electrons. The highest BCUT2D eigenvalue weighted by Gasteiger charge is 2.52. The van der Waals surface area contributed by atoms with Gasteiger partial charge in [-0.2, -0.15) is 0 Å².